The summed E-state index contributed by atoms with van der Waals surface area (Å²) < 4.78 is 21.1. The number of para-hydroxylation sites is 1. The number of aromatic nitrogens is 1. The second-order valence-corrected chi connectivity index (χ2v) is 10.4. The van der Waals surface area contributed by atoms with Crippen LogP contribution in [0.3, 0.4) is 0 Å². The minimum Gasteiger partial charge on any atom is -0.457 e. The van der Waals surface area contributed by atoms with Crippen molar-refractivity contribution in [1.29, 1.82) is 0 Å². The number of rotatable bonds is 0. The van der Waals surface area contributed by atoms with Crippen molar-refractivity contribution < 1.29 is 17.8 Å². The van der Waals surface area contributed by atoms with Crippen molar-refractivity contribution in [2.24, 2.45) is 7.05 Å². The van der Waals surface area contributed by atoms with Gasteiger partial charge < -0.3 is 13.3 Å². The Morgan fingerprint density at radius 1 is 0.735 bits per heavy atom. The van der Waals surface area contributed by atoms with Gasteiger partial charge in [0.15, 0.2) is 22.9 Å². The molecule has 0 fully saturated rings. The van der Waals surface area contributed by atoms with E-state index in [1.165, 1.54) is 48.8 Å². The normalized spacial score (nSPS) is 13.2. The highest BCUT2D eigenvalue weighted by molar-refractivity contribution is 8.00. The van der Waals surface area contributed by atoms with E-state index in [1.807, 2.05) is 19.1 Å². The number of hydrogen-bond donors (Lipinski definition) is 0. The molecule has 4 nitrogen and oxygen atoms in total. The van der Waals surface area contributed by atoms with Crippen LogP contribution < -0.4 is 4.57 Å². The van der Waals surface area contributed by atoms with Gasteiger partial charge in [0.05, 0.1) is 21.2 Å². The highest BCUT2D eigenvalue weighted by atomic mass is 32.2. The third-order valence-electron chi connectivity index (χ3n) is 7.31. The van der Waals surface area contributed by atoms with Gasteiger partial charge in [0, 0.05) is 33.4 Å². The van der Waals surface area contributed by atoms with Gasteiger partial charge in [0.25, 0.3) is 0 Å². The number of benzene rings is 3. The molecule has 0 spiro atoms. The van der Waals surface area contributed by atoms with Gasteiger partial charge in [-0.05, 0) is 43.9 Å². The SMILES string of the molecule is Cc1cc2oc3c4c5c([n+](C)ccc5cc3c2o1)-c1c(c(C)c2oc3ccccc3c2c1C)S4. The van der Waals surface area contributed by atoms with Crippen LogP contribution >= 0.6 is 11.8 Å². The maximum absolute atomic E-state index is 6.41. The molecule has 0 saturated heterocycles. The summed E-state index contributed by atoms with van der Waals surface area (Å²) in [5, 5.41) is 5.83. The van der Waals surface area contributed by atoms with E-state index in [2.05, 4.69) is 62.0 Å². The van der Waals surface area contributed by atoms with Crippen molar-refractivity contribution in [3.05, 3.63) is 65.5 Å². The maximum Gasteiger partial charge on any atom is 0.222 e. The van der Waals surface area contributed by atoms with Crippen LogP contribution in [0.5, 0.6) is 0 Å². The second kappa shape index (κ2) is 6.05. The third kappa shape index (κ3) is 2.10. The largest absolute Gasteiger partial charge is 0.457 e. The fourth-order valence-electron chi connectivity index (χ4n) is 5.79. The zero-order valence-electron chi connectivity index (χ0n) is 19.2. The van der Waals surface area contributed by atoms with E-state index in [0.717, 1.165) is 44.0 Å². The van der Waals surface area contributed by atoms with Gasteiger partial charge in [0.1, 0.15) is 24.0 Å². The van der Waals surface area contributed by atoms with Gasteiger partial charge in [-0.2, -0.15) is 0 Å². The van der Waals surface area contributed by atoms with E-state index in [0.29, 0.717) is 0 Å². The molecule has 0 N–H and O–H groups in total. The molecule has 1 aliphatic heterocycles. The van der Waals surface area contributed by atoms with Crippen LogP contribution in [-0.4, -0.2) is 0 Å². The van der Waals surface area contributed by atoms with Crippen molar-refractivity contribution in [2.45, 2.75) is 30.6 Å². The molecule has 164 valence electrons. The smallest absolute Gasteiger partial charge is 0.222 e. The Morgan fingerprint density at radius 3 is 2.44 bits per heavy atom. The molecule has 0 bridgehead atoms. The Morgan fingerprint density at radius 2 is 1.56 bits per heavy atom. The number of nitrogens with zero attached hydrogens (tertiary/aromatic N) is 1. The van der Waals surface area contributed by atoms with E-state index >= 15 is 0 Å². The lowest BCUT2D eigenvalue weighted by Crippen LogP contribution is -2.31. The van der Waals surface area contributed by atoms with Gasteiger partial charge in [-0.3, -0.25) is 0 Å². The summed E-state index contributed by atoms with van der Waals surface area (Å²) in [6.45, 7) is 6.37. The Kier molecular flexibility index (Phi) is 3.32. The molecular formula is C29H20NO3S+. The predicted molar refractivity (Wildman–Crippen MR) is 136 cm³/mol. The number of fused-ring (bicyclic) bond motifs is 9. The molecule has 5 heterocycles. The lowest BCUT2D eigenvalue weighted by molar-refractivity contribution is -0.659. The van der Waals surface area contributed by atoms with Crippen molar-refractivity contribution >= 4 is 66.6 Å². The van der Waals surface area contributed by atoms with Crippen molar-refractivity contribution in [3.63, 3.8) is 0 Å². The predicted octanol–water partition coefficient (Wildman–Crippen LogP) is 8.11. The first kappa shape index (κ1) is 18.7. The lowest BCUT2D eigenvalue weighted by Gasteiger charge is -2.22. The van der Waals surface area contributed by atoms with Crippen LogP contribution in [0.15, 0.2) is 71.7 Å². The molecule has 0 atom stereocenters. The fraction of sp³-hybridized carbons (Fsp3) is 0.138. The number of aryl methyl sites for hydroxylation is 4. The van der Waals surface area contributed by atoms with Crippen LogP contribution in [0.4, 0.5) is 0 Å². The van der Waals surface area contributed by atoms with Crippen LogP contribution in [0.1, 0.15) is 16.9 Å². The van der Waals surface area contributed by atoms with Crippen molar-refractivity contribution in [2.75, 3.05) is 0 Å². The molecule has 3 aromatic carbocycles. The zero-order chi connectivity index (χ0) is 22.9. The molecule has 4 aromatic heterocycles. The minimum absolute atomic E-state index is 0.803. The quantitative estimate of drug-likeness (QED) is 0.213. The molecule has 0 amide bonds. The first-order chi connectivity index (χ1) is 16.5. The van der Waals surface area contributed by atoms with E-state index in [9.17, 15) is 0 Å². The van der Waals surface area contributed by atoms with Gasteiger partial charge in [0.2, 0.25) is 5.69 Å². The van der Waals surface area contributed by atoms with E-state index in [4.69, 9.17) is 13.3 Å². The fourth-order valence-corrected chi connectivity index (χ4v) is 7.16. The molecule has 34 heavy (non-hydrogen) atoms. The average molecular weight is 463 g/mol. The molecule has 8 rings (SSSR count). The monoisotopic (exact) mass is 462 g/mol. The van der Waals surface area contributed by atoms with Crippen LogP contribution in [0.2, 0.25) is 0 Å². The van der Waals surface area contributed by atoms with Crippen molar-refractivity contribution in [1.82, 2.24) is 0 Å². The van der Waals surface area contributed by atoms with Crippen LogP contribution in [0.25, 0.3) is 66.1 Å². The Labute approximate surface area is 198 Å². The zero-order valence-corrected chi connectivity index (χ0v) is 20.0. The summed E-state index contributed by atoms with van der Waals surface area (Å²) >= 11 is 1.79. The summed E-state index contributed by atoms with van der Waals surface area (Å²) in [5.41, 5.74) is 9.36. The van der Waals surface area contributed by atoms with Crippen LogP contribution in [0, 0.1) is 20.8 Å². The molecule has 7 aromatic rings. The third-order valence-corrected chi connectivity index (χ3v) is 8.61. The molecule has 0 saturated carbocycles. The summed E-state index contributed by atoms with van der Waals surface area (Å²) in [6.07, 6.45) is 2.16. The molecule has 0 unspecified atom stereocenters. The lowest BCUT2D eigenvalue weighted by atomic mass is 9.93. The summed E-state index contributed by atoms with van der Waals surface area (Å²) in [6, 6.07) is 14.7. The summed E-state index contributed by atoms with van der Waals surface area (Å²) in [4.78, 5) is 2.38. The Hall–Kier alpha value is -3.70. The van der Waals surface area contributed by atoms with Gasteiger partial charge >= 0.3 is 0 Å². The molecular weight excluding hydrogens is 442 g/mol. The number of furan rings is 3. The number of hydrogen-bond acceptors (Lipinski definition) is 4. The molecule has 5 heteroatoms. The van der Waals surface area contributed by atoms with Crippen molar-refractivity contribution in [3.8, 4) is 11.3 Å². The van der Waals surface area contributed by atoms with Gasteiger partial charge in [-0.15, -0.1) is 0 Å². The maximum atomic E-state index is 6.41. The van der Waals surface area contributed by atoms with E-state index in [1.54, 1.807) is 11.8 Å². The average Bonchev–Trinajstić information content (AvgIpc) is 3.49. The van der Waals surface area contributed by atoms with E-state index in [-0.39, 0.29) is 0 Å². The van der Waals surface area contributed by atoms with Crippen LogP contribution in [-0.2, 0) is 7.05 Å². The topological polar surface area (TPSA) is 43.3 Å². The molecule has 0 radical (unpaired) electrons. The number of pyridine rings is 1. The second-order valence-electron chi connectivity index (χ2n) is 9.33. The highest BCUT2D eigenvalue weighted by Gasteiger charge is 2.34. The Balaban J connectivity index is 1.60. The molecule has 0 aliphatic carbocycles. The van der Waals surface area contributed by atoms with Gasteiger partial charge in [-0.1, -0.05) is 30.0 Å². The first-order valence-electron chi connectivity index (χ1n) is 11.4. The minimum atomic E-state index is 0.803. The Bertz CT molecular complexity index is 2040. The van der Waals surface area contributed by atoms with Gasteiger partial charge in [-0.25, -0.2) is 4.57 Å². The summed E-state index contributed by atoms with van der Waals surface area (Å²) in [5.74, 6) is 0.862. The molecule has 1 aliphatic rings. The summed E-state index contributed by atoms with van der Waals surface area (Å²) in [7, 11) is 2.13. The highest BCUT2D eigenvalue weighted by Crippen LogP contribution is 2.55. The standard InChI is InChI=1S/C29H20NO3S/c1-13-11-20-26(31-13)18-12-16-9-10-30(4)24-22-14(2)21-17-7-5-6-8-19(17)32-25(21)15(3)28(22)34-29(23(16)24)27(18)33-20/h5-12H,1-4H3/q+1. The first-order valence-corrected chi connectivity index (χ1v) is 12.2. The van der Waals surface area contributed by atoms with E-state index < -0.39 is 0 Å².